The lowest BCUT2D eigenvalue weighted by Crippen LogP contribution is -2.39. The number of rotatable bonds is 3. The van der Waals surface area contributed by atoms with E-state index in [1.807, 2.05) is 5.43 Å². The molecule has 1 aliphatic heterocycles. The lowest BCUT2D eigenvalue weighted by atomic mass is 10.2. The fourth-order valence-electron chi connectivity index (χ4n) is 1.95. The molecule has 1 amide bonds. The van der Waals surface area contributed by atoms with E-state index in [-0.39, 0.29) is 12.6 Å². The summed E-state index contributed by atoms with van der Waals surface area (Å²) in [6.07, 6.45) is -3.15. The number of amides is 1. The maximum absolute atomic E-state index is 12.4. The third-order valence-corrected chi connectivity index (χ3v) is 2.86. The topological polar surface area (TPSA) is 82.2 Å². The minimum atomic E-state index is -4.45. The Balaban J connectivity index is 1.92. The lowest BCUT2D eigenvalue weighted by Gasteiger charge is -2.12. The largest absolute Gasteiger partial charge is 0.435 e. The van der Waals surface area contributed by atoms with Crippen molar-refractivity contribution in [2.45, 2.75) is 37.8 Å². The molecular weight excluding hydrogens is 265 g/mol. The number of nitrogens with zero attached hydrogens (tertiary/aromatic N) is 2. The number of ether oxygens (including phenoxy) is 1. The van der Waals surface area contributed by atoms with E-state index in [1.165, 1.54) is 6.20 Å². The number of nitrogens with two attached hydrogens (primary N) is 1. The van der Waals surface area contributed by atoms with Crippen LogP contribution >= 0.6 is 0 Å². The summed E-state index contributed by atoms with van der Waals surface area (Å²) in [7, 11) is 0. The van der Waals surface area contributed by atoms with Crippen LogP contribution in [0.4, 0.5) is 13.2 Å². The number of carbonyl (C=O) groups is 1. The Bertz CT molecular complexity index is 460. The molecule has 2 rings (SSSR count). The predicted octanol–water partition coefficient (Wildman–Crippen LogP) is 0.439. The van der Waals surface area contributed by atoms with Gasteiger partial charge in [-0.3, -0.25) is 14.9 Å². The van der Waals surface area contributed by atoms with Gasteiger partial charge in [-0.2, -0.15) is 18.3 Å². The van der Waals surface area contributed by atoms with E-state index in [9.17, 15) is 18.0 Å². The van der Waals surface area contributed by atoms with Crippen molar-refractivity contribution in [1.29, 1.82) is 0 Å². The van der Waals surface area contributed by atoms with Crippen LogP contribution in [0.1, 0.15) is 18.5 Å². The average molecular weight is 278 g/mol. The van der Waals surface area contributed by atoms with Gasteiger partial charge in [-0.25, -0.2) is 5.84 Å². The van der Waals surface area contributed by atoms with Crippen LogP contribution in [0.25, 0.3) is 0 Å². The summed E-state index contributed by atoms with van der Waals surface area (Å²) >= 11 is 0. The second-order valence-corrected chi connectivity index (χ2v) is 4.25. The van der Waals surface area contributed by atoms with Gasteiger partial charge in [-0.15, -0.1) is 0 Å². The summed E-state index contributed by atoms with van der Waals surface area (Å²) in [5, 5.41) is 3.42. The van der Waals surface area contributed by atoms with Crippen molar-refractivity contribution in [3.63, 3.8) is 0 Å². The molecule has 0 radical (unpaired) electrons. The molecule has 1 aromatic rings. The molecule has 0 spiro atoms. The van der Waals surface area contributed by atoms with Gasteiger partial charge in [0.15, 0.2) is 5.69 Å². The second kappa shape index (κ2) is 5.17. The molecule has 1 aliphatic rings. The fraction of sp³-hybridized carbons (Fsp3) is 0.600. The van der Waals surface area contributed by atoms with Crippen LogP contribution in [0, 0.1) is 0 Å². The number of hydrogen-bond acceptors (Lipinski definition) is 4. The molecule has 9 heteroatoms. The minimum Gasteiger partial charge on any atom is -0.363 e. The first-order chi connectivity index (χ1) is 8.90. The summed E-state index contributed by atoms with van der Waals surface area (Å²) in [6.45, 7) is 0.171. The molecule has 106 valence electrons. The highest BCUT2D eigenvalue weighted by Gasteiger charge is 2.34. The maximum Gasteiger partial charge on any atom is 0.435 e. The molecule has 2 atom stereocenters. The highest BCUT2D eigenvalue weighted by atomic mass is 19.4. The number of carbonyl (C=O) groups excluding carboxylic acids is 1. The Labute approximate surface area is 106 Å². The fourth-order valence-corrected chi connectivity index (χ4v) is 1.95. The molecule has 0 aliphatic carbocycles. The molecule has 1 aromatic heterocycles. The van der Waals surface area contributed by atoms with Crippen LogP contribution in [-0.2, 0) is 22.3 Å². The molecule has 1 fully saturated rings. The van der Waals surface area contributed by atoms with Crippen molar-refractivity contribution in [1.82, 2.24) is 15.2 Å². The Morgan fingerprint density at radius 1 is 1.58 bits per heavy atom. The summed E-state index contributed by atoms with van der Waals surface area (Å²) < 4.78 is 43.6. The number of hydrogen-bond donors (Lipinski definition) is 2. The maximum atomic E-state index is 12.4. The number of aromatic nitrogens is 2. The smallest absolute Gasteiger partial charge is 0.363 e. The van der Waals surface area contributed by atoms with Crippen LogP contribution in [0.15, 0.2) is 12.3 Å². The highest BCUT2D eigenvalue weighted by molar-refractivity contribution is 5.80. The molecule has 2 heterocycles. The number of nitrogens with one attached hydrogen (secondary N) is 1. The molecule has 0 aromatic carbocycles. The van der Waals surface area contributed by atoms with E-state index in [2.05, 4.69) is 5.10 Å². The van der Waals surface area contributed by atoms with E-state index < -0.39 is 23.9 Å². The first-order valence-corrected chi connectivity index (χ1v) is 5.66. The summed E-state index contributed by atoms with van der Waals surface area (Å²) in [5.41, 5.74) is 1.04. The molecule has 3 N–H and O–H groups in total. The minimum absolute atomic E-state index is 0.171. The van der Waals surface area contributed by atoms with Crippen LogP contribution in [0.3, 0.4) is 0 Å². The van der Waals surface area contributed by atoms with Gasteiger partial charge in [-0.05, 0) is 18.9 Å². The van der Waals surface area contributed by atoms with Gasteiger partial charge in [0.25, 0.3) is 5.91 Å². The van der Waals surface area contributed by atoms with Crippen LogP contribution in [-0.4, -0.2) is 27.9 Å². The number of alkyl halides is 3. The average Bonchev–Trinajstić information content (AvgIpc) is 2.97. The molecule has 0 saturated carbocycles. The predicted molar refractivity (Wildman–Crippen MR) is 57.5 cm³/mol. The van der Waals surface area contributed by atoms with Crippen LogP contribution < -0.4 is 11.3 Å². The van der Waals surface area contributed by atoms with Gasteiger partial charge in [0.05, 0.1) is 12.6 Å². The van der Waals surface area contributed by atoms with Gasteiger partial charge >= 0.3 is 6.18 Å². The summed E-state index contributed by atoms with van der Waals surface area (Å²) in [6, 6.07) is 0.902. The van der Waals surface area contributed by atoms with E-state index in [4.69, 9.17) is 10.6 Å². The summed E-state index contributed by atoms with van der Waals surface area (Å²) in [4.78, 5) is 11.2. The van der Waals surface area contributed by atoms with E-state index in [0.29, 0.717) is 12.8 Å². The normalized spacial score (nSPS) is 23.6. The van der Waals surface area contributed by atoms with Crippen LogP contribution in [0.2, 0.25) is 0 Å². The van der Waals surface area contributed by atoms with Gasteiger partial charge in [-0.1, -0.05) is 0 Å². The van der Waals surface area contributed by atoms with Gasteiger partial charge in [0, 0.05) is 6.20 Å². The molecule has 2 unspecified atom stereocenters. The molecule has 1 saturated heterocycles. The zero-order valence-electron chi connectivity index (χ0n) is 9.85. The van der Waals surface area contributed by atoms with Crippen molar-refractivity contribution in [3.8, 4) is 0 Å². The first kappa shape index (κ1) is 13.8. The SMILES string of the molecule is NNC(=O)C1CCC(Cn2ccc(C(F)(F)F)n2)O1. The van der Waals surface area contributed by atoms with Crippen molar-refractivity contribution in [2.24, 2.45) is 5.84 Å². The van der Waals surface area contributed by atoms with Crippen molar-refractivity contribution >= 4 is 5.91 Å². The highest BCUT2D eigenvalue weighted by Crippen LogP contribution is 2.27. The number of halogens is 3. The molecule has 19 heavy (non-hydrogen) atoms. The lowest BCUT2D eigenvalue weighted by molar-refractivity contribution is -0.141. The van der Waals surface area contributed by atoms with Gasteiger partial charge < -0.3 is 4.74 Å². The van der Waals surface area contributed by atoms with Gasteiger partial charge in [0.2, 0.25) is 0 Å². The van der Waals surface area contributed by atoms with Crippen molar-refractivity contribution < 1.29 is 22.7 Å². The van der Waals surface area contributed by atoms with E-state index >= 15 is 0 Å². The first-order valence-electron chi connectivity index (χ1n) is 5.66. The Kier molecular flexibility index (Phi) is 3.76. The zero-order valence-corrected chi connectivity index (χ0v) is 9.85. The number of hydrazine groups is 1. The van der Waals surface area contributed by atoms with E-state index in [0.717, 1.165) is 10.7 Å². The quantitative estimate of drug-likeness (QED) is 0.477. The monoisotopic (exact) mass is 278 g/mol. The Morgan fingerprint density at radius 3 is 2.89 bits per heavy atom. The molecular formula is C10H13F3N4O2. The van der Waals surface area contributed by atoms with Crippen molar-refractivity contribution in [2.75, 3.05) is 0 Å². The zero-order chi connectivity index (χ0) is 14.0. The molecule has 6 nitrogen and oxygen atoms in total. The third kappa shape index (κ3) is 3.24. The third-order valence-electron chi connectivity index (χ3n) is 2.86. The standard InChI is InChI=1S/C10H13F3N4O2/c11-10(12,13)8-3-4-17(16-8)5-6-1-2-7(19-6)9(18)15-14/h3-4,6-7H,1-2,5,14H2,(H,15,18). The van der Waals surface area contributed by atoms with Crippen molar-refractivity contribution in [3.05, 3.63) is 18.0 Å². The van der Waals surface area contributed by atoms with Crippen LogP contribution in [0.5, 0.6) is 0 Å². The Morgan fingerprint density at radius 2 is 2.32 bits per heavy atom. The Hall–Kier alpha value is -1.61. The van der Waals surface area contributed by atoms with Gasteiger partial charge in [0.1, 0.15) is 6.10 Å². The summed E-state index contributed by atoms with van der Waals surface area (Å²) in [5.74, 6) is 4.55. The molecule has 0 bridgehead atoms. The van der Waals surface area contributed by atoms with E-state index in [1.54, 1.807) is 0 Å². The second-order valence-electron chi connectivity index (χ2n) is 4.25.